The van der Waals surface area contributed by atoms with Crippen LogP contribution in [0.1, 0.15) is 24.0 Å². The first kappa shape index (κ1) is 20.0. The SMILES string of the molecule is N#CCCCOc1cccc(NC(=O)C=Cc2cccc(C(F)(F)F)c2)c1. The Hall–Kier alpha value is -3.27. The second kappa shape index (κ2) is 9.43. The van der Waals surface area contributed by atoms with Gasteiger partial charge in [0.1, 0.15) is 5.75 Å². The van der Waals surface area contributed by atoms with E-state index in [4.69, 9.17) is 10.00 Å². The highest BCUT2D eigenvalue weighted by atomic mass is 19.4. The zero-order valence-corrected chi connectivity index (χ0v) is 14.3. The van der Waals surface area contributed by atoms with Gasteiger partial charge in [-0.15, -0.1) is 0 Å². The molecule has 0 atom stereocenters. The topological polar surface area (TPSA) is 62.1 Å². The molecular formula is C20H17F3N2O2. The maximum atomic E-state index is 12.7. The average molecular weight is 374 g/mol. The molecule has 4 nitrogen and oxygen atoms in total. The van der Waals surface area contributed by atoms with Crippen LogP contribution in [0, 0.1) is 11.3 Å². The Morgan fingerprint density at radius 3 is 2.70 bits per heavy atom. The van der Waals surface area contributed by atoms with Gasteiger partial charge >= 0.3 is 6.18 Å². The molecule has 27 heavy (non-hydrogen) atoms. The Bertz CT molecular complexity index is 855. The third kappa shape index (κ3) is 6.86. The monoisotopic (exact) mass is 374 g/mol. The molecule has 1 amide bonds. The Morgan fingerprint density at radius 2 is 1.96 bits per heavy atom. The van der Waals surface area contributed by atoms with Crippen LogP contribution in [0.2, 0.25) is 0 Å². The number of hydrogen-bond donors (Lipinski definition) is 1. The maximum Gasteiger partial charge on any atom is 0.416 e. The van der Waals surface area contributed by atoms with E-state index in [2.05, 4.69) is 5.32 Å². The number of anilines is 1. The fourth-order valence-corrected chi connectivity index (χ4v) is 2.18. The Balaban J connectivity index is 1.96. The number of carbonyl (C=O) groups excluding carboxylic acids is 1. The molecule has 2 aromatic carbocycles. The van der Waals surface area contributed by atoms with E-state index in [1.54, 1.807) is 24.3 Å². The normalized spacial score (nSPS) is 11.2. The molecule has 1 N–H and O–H groups in total. The van der Waals surface area contributed by atoms with Crippen molar-refractivity contribution in [2.45, 2.75) is 19.0 Å². The molecular weight excluding hydrogens is 357 g/mol. The second-order valence-corrected chi connectivity index (χ2v) is 5.58. The lowest BCUT2D eigenvalue weighted by molar-refractivity contribution is -0.137. The van der Waals surface area contributed by atoms with E-state index in [1.807, 2.05) is 6.07 Å². The first-order chi connectivity index (χ1) is 12.9. The van der Waals surface area contributed by atoms with E-state index >= 15 is 0 Å². The van der Waals surface area contributed by atoms with Gasteiger partial charge in [-0.05, 0) is 42.3 Å². The number of unbranched alkanes of at least 4 members (excludes halogenated alkanes) is 1. The molecule has 0 bridgehead atoms. The molecule has 140 valence electrons. The number of rotatable bonds is 7. The molecule has 0 aliphatic rings. The minimum atomic E-state index is -4.43. The van der Waals surface area contributed by atoms with Gasteiger partial charge in [0.15, 0.2) is 0 Å². The summed E-state index contributed by atoms with van der Waals surface area (Å²) in [6.07, 6.45) is -0.952. The summed E-state index contributed by atoms with van der Waals surface area (Å²) in [4.78, 5) is 12.0. The lowest BCUT2D eigenvalue weighted by atomic mass is 10.1. The number of halogens is 3. The van der Waals surface area contributed by atoms with Crippen LogP contribution in [0.3, 0.4) is 0 Å². The van der Waals surface area contributed by atoms with Crippen LogP contribution in [-0.4, -0.2) is 12.5 Å². The summed E-state index contributed by atoms with van der Waals surface area (Å²) in [6.45, 7) is 0.389. The summed E-state index contributed by atoms with van der Waals surface area (Å²) < 4.78 is 43.6. The van der Waals surface area contributed by atoms with Crippen LogP contribution in [0.25, 0.3) is 6.08 Å². The second-order valence-electron chi connectivity index (χ2n) is 5.58. The van der Waals surface area contributed by atoms with Crippen molar-refractivity contribution in [1.29, 1.82) is 5.26 Å². The summed E-state index contributed by atoms with van der Waals surface area (Å²) in [7, 11) is 0. The predicted octanol–water partition coefficient (Wildman–Crippen LogP) is 5.04. The fraction of sp³-hybridized carbons (Fsp3) is 0.200. The van der Waals surface area contributed by atoms with Gasteiger partial charge in [0, 0.05) is 24.3 Å². The number of hydrogen-bond acceptors (Lipinski definition) is 3. The molecule has 7 heteroatoms. The van der Waals surface area contributed by atoms with Crippen molar-refractivity contribution in [1.82, 2.24) is 0 Å². The lowest BCUT2D eigenvalue weighted by Crippen LogP contribution is -2.08. The van der Waals surface area contributed by atoms with E-state index in [0.717, 1.165) is 18.2 Å². The minimum Gasteiger partial charge on any atom is -0.493 e. The molecule has 0 unspecified atom stereocenters. The fourth-order valence-electron chi connectivity index (χ4n) is 2.18. The lowest BCUT2D eigenvalue weighted by Gasteiger charge is -2.08. The van der Waals surface area contributed by atoms with Gasteiger partial charge in [-0.25, -0.2) is 0 Å². The van der Waals surface area contributed by atoms with E-state index in [-0.39, 0.29) is 5.56 Å². The van der Waals surface area contributed by atoms with E-state index in [9.17, 15) is 18.0 Å². The zero-order valence-electron chi connectivity index (χ0n) is 14.3. The molecule has 0 saturated carbocycles. The van der Waals surface area contributed by atoms with Gasteiger partial charge < -0.3 is 10.1 Å². The van der Waals surface area contributed by atoms with Gasteiger partial charge in [0.2, 0.25) is 5.91 Å². The number of ether oxygens (including phenoxy) is 1. The maximum absolute atomic E-state index is 12.7. The first-order valence-corrected chi connectivity index (χ1v) is 8.14. The Morgan fingerprint density at radius 1 is 1.19 bits per heavy atom. The number of nitrogens with zero attached hydrogens (tertiary/aromatic N) is 1. The van der Waals surface area contributed by atoms with Crippen LogP contribution in [0.15, 0.2) is 54.6 Å². The van der Waals surface area contributed by atoms with E-state index in [0.29, 0.717) is 30.9 Å². The highest BCUT2D eigenvalue weighted by molar-refractivity contribution is 6.02. The molecule has 0 radical (unpaired) electrons. The minimum absolute atomic E-state index is 0.273. The number of nitrogens with one attached hydrogen (secondary N) is 1. The molecule has 0 aromatic heterocycles. The molecule has 0 saturated heterocycles. The zero-order chi connectivity index (χ0) is 19.7. The molecule has 0 fully saturated rings. The number of benzene rings is 2. The van der Waals surface area contributed by atoms with E-state index in [1.165, 1.54) is 18.2 Å². The van der Waals surface area contributed by atoms with Crippen molar-refractivity contribution in [2.75, 3.05) is 11.9 Å². The Kier molecular flexibility index (Phi) is 7.00. The summed E-state index contributed by atoms with van der Waals surface area (Å²) in [6, 6.07) is 13.4. The largest absolute Gasteiger partial charge is 0.493 e. The van der Waals surface area contributed by atoms with Crippen LogP contribution < -0.4 is 10.1 Å². The number of amides is 1. The third-order valence-corrected chi connectivity index (χ3v) is 3.44. The van der Waals surface area contributed by atoms with Crippen molar-refractivity contribution >= 4 is 17.7 Å². The molecule has 2 aromatic rings. The van der Waals surface area contributed by atoms with Gasteiger partial charge in [0.05, 0.1) is 18.2 Å². The van der Waals surface area contributed by atoms with Crippen molar-refractivity contribution in [3.63, 3.8) is 0 Å². The van der Waals surface area contributed by atoms with Crippen LogP contribution in [0.5, 0.6) is 5.75 Å². The van der Waals surface area contributed by atoms with Gasteiger partial charge in [-0.1, -0.05) is 18.2 Å². The summed E-state index contributed by atoms with van der Waals surface area (Å²) >= 11 is 0. The van der Waals surface area contributed by atoms with Crippen LogP contribution >= 0.6 is 0 Å². The van der Waals surface area contributed by atoms with Crippen molar-refractivity contribution in [3.8, 4) is 11.8 Å². The smallest absolute Gasteiger partial charge is 0.416 e. The first-order valence-electron chi connectivity index (χ1n) is 8.14. The van der Waals surface area contributed by atoms with Gasteiger partial charge in [-0.2, -0.15) is 18.4 Å². The molecule has 2 rings (SSSR count). The molecule has 0 aliphatic heterocycles. The van der Waals surface area contributed by atoms with Crippen molar-refractivity contribution < 1.29 is 22.7 Å². The van der Waals surface area contributed by atoms with Crippen LogP contribution in [0.4, 0.5) is 18.9 Å². The molecule has 0 aliphatic carbocycles. The van der Waals surface area contributed by atoms with E-state index < -0.39 is 17.6 Å². The number of alkyl halides is 3. The molecule has 0 heterocycles. The molecule has 0 spiro atoms. The van der Waals surface area contributed by atoms with Crippen molar-refractivity contribution in [2.24, 2.45) is 0 Å². The van der Waals surface area contributed by atoms with Crippen molar-refractivity contribution in [3.05, 3.63) is 65.7 Å². The highest BCUT2D eigenvalue weighted by Crippen LogP contribution is 2.29. The quantitative estimate of drug-likeness (QED) is 0.546. The average Bonchev–Trinajstić information content (AvgIpc) is 2.63. The summed E-state index contributed by atoms with van der Waals surface area (Å²) in [5, 5.41) is 11.1. The van der Waals surface area contributed by atoms with Gasteiger partial charge in [-0.3, -0.25) is 4.79 Å². The Labute approximate surface area is 154 Å². The summed E-state index contributed by atoms with van der Waals surface area (Å²) in [5.41, 5.74) is -0.00710. The number of carbonyl (C=O) groups is 1. The summed E-state index contributed by atoms with van der Waals surface area (Å²) in [5.74, 6) is 0.0710. The standard InChI is InChI=1S/C20H17F3N2O2/c21-20(22,23)16-6-3-5-15(13-16)9-10-19(26)25-17-7-4-8-18(14-17)27-12-2-1-11-24/h3-10,13-14H,1-2,12H2,(H,25,26). The van der Waals surface area contributed by atoms with Crippen LogP contribution in [-0.2, 0) is 11.0 Å². The number of nitriles is 1. The highest BCUT2D eigenvalue weighted by Gasteiger charge is 2.30. The third-order valence-electron chi connectivity index (χ3n) is 3.44. The van der Waals surface area contributed by atoms with Gasteiger partial charge in [0.25, 0.3) is 0 Å². The predicted molar refractivity (Wildman–Crippen MR) is 95.9 cm³/mol.